The first-order chi connectivity index (χ1) is 8.70. The van der Waals surface area contributed by atoms with Gasteiger partial charge in [0.25, 0.3) is 0 Å². The van der Waals surface area contributed by atoms with Crippen molar-refractivity contribution in [3.05, 3.63) is 17.5 Å². The lowest BCUT2D eigenvalue weighted by molar-refractivity contribution is -0.144. The molecule has 0 spiro atoms. The van der Waals surface area contributed by atoms with Crippen molar-refractivity contribution in [1.82, 2.24) is 9.97 Å². The monoisotopic (exact) mass is 271 g/mol. The standard InChI is InChI=1S/C11H14ClN3O3/c1-17-10(16)4-8-6-15(2-3-18-8)11-9(12)5-13-7-14-11/h5,7-8H,2-4,6H2,1H3. The quantitative estimate of drug-likeness (QED) is 0.761. The molecule has 1 aliphatic rings. The second-order valence-corrected chi connectivity index (χ2v) is 4.32. The van der Waals surface area contributed by atoms with E-state index < -0.39 is 0 Å². The maximum absolute atomic E-state index is 11.2. The number of carbonyl (C=O) groups is 1. The van der Waals surface area contributed by atoms with Crippen molar-refractivity contribution in [3.8, 4) is 0 Å². The fourth-order valence-electron chi connectivity index (χ4n) is 1.84. The molecule has 7 heteroatoms. The Morgan fingerprint density at radius 3 is 3.28 bits per heavy atom. The summed E-state index contributed by atoms with van der Waals surface area (Å²) < 4.78 is 10.1. The van der Waals surface area contributed by atoms with Crippen LogP contribution >= 0.6 is 11.6 Å². The average molecular weight is 272 g/mol. The normalized spacial score (nSPS) is 19.7. The molecule has 2 rings (SSSR count). The number of carbonyl (C=O) groups excluding carboxylic acids is 1. The fraction of sp³-hybridized carbons (Fsp3) is 0.545. The van der Waals surface area contributed by atoms with Crippen molar-refractivity contribution >= 4 is 23.4 Å². The summed E-state index contributed by atoms with van der Waals surface area (Å²) in [6.07, 6.45) is 3.04. The van der Waals surface area contributed by atoms with Crippen molar-refractivity contribution in [2.24, 2.45) is 0 Å². The number of hydrogen-bond acceptors (Lipinski definition) is 6. The largest absolute Gasteiger partial charge is 0.469 e. The van der Waals surface area contributed by atoms with Gasteiger partial charge < -0.3 is 14.4 Å². The van der Waals surface area contributed by atoms with Crippen LogP contribution in [0, 0.1) is 0 Å². The summed E-state index contributed by atoms with van der Waals surface area (Å²) in [5.41, 5.74) is 0. The SMILES string of the molecule is COC(=O)CC1CN(c2ncncc2Cl)CCO1. The number of aromatic nitrogens is 2. The molecule has 0 radical (unpaired) electrons. The van der Waals surface area contributed by atoms with Crippen LogP contribution < -0.4 is 4.90 Å². The summed E-state index contributed by atoms with van der Waals surface area (Å²) in [6, 6.07) is 0. The van der Waals surface area contributed by atoms with Gasteiger partial charge in [0.1, 0.15) is 11.3 Å². The molecule has 0 amide bonds. The second kappa shape index (κ2) is 5.97. The topological polar surface area (TPSA) is 64.5 Å². The van der Waals surface area contributed by atoms with Gasteiger partial charge in [-0.2, -0.15) is 0 Å². The van der Waals surface area contributed by atoms with Crippen molar-refractivity contribution in [1.29, 1.82) is 0 Å². The smallest absolute Gasteiger partial charge is 0.308 e. The van der Waals surface area contributed by atoms with Crippen molar-refractivity contribution < 1.29 is 14.3 Å². The molecular weight excluding hydrogens is 258 g/mol. The van der Waals surface area contributed by atoms with E-state index in [1.54, 1.807) is 6.20 Å². The molecule has 1 unspecified atom stereocenters. The van der Waals surface area contributed by atoms with Gasteiger partial charge >= 0.3 is 5.97 Å². The molecule has 6 nitrogen and oxygen atoms in total. The number of methoxy groups -OCH3 is 1. The highest BCUT2D eigenvalue weighted by Gasteiger charge is 2.25. The van der Waals surface area contributed by atoms with E-state index in [2.05, 4.69) is 14.7 Å². The van der Waals surface area contributed by atoms with E-state index in [1.807, 2.05) is 4.90 Å². The van der Waals surface area contributed by atoms with Gasteiger partial charge in [-0.25, -0.2) is 9.97 Å². The summed E-state index contributed by atoms with van der Waals surface area (Å²) >= 11 is 6.04. The Morgan fingerprint density at radius 1 is 1.72 bits per heavy atom. The molecule has 1 aromatic heterocycles. The summed E-state index contributed by atoms with van der Waals surface area (Å²) in [7, 11) is 1.37. The number of anilines is 1. The lowest BCUT2D eigenvalue weighted by Crippen LogP contribution is -2.44. The Balaban J connectivity index is 2.03. The molecule has 0 bridgehead atoms. The van der Waals surface area contributed by atoms with Gasteiger partial charge in [-0.1, -0.05) is 11.6 Å². The van der Waals surface area contributed by atoms with Crippen LogP contribution in [0.3, 0.4) is 0 Å². The van der Waals surface area contributed by atoms with Crippen LogP contribution in [0.25, 0.3) is 0 Å². The maximum Gasteiger partial charge on any atom is 0.308 e. The van der Waals surface area contributed by atoms with Crippen molar-refractivity contribution in [2.75, 3.05) is 31.7 Å². The van der Waals surface area contributed by atoms with E-state index >= 15 is 0 Å². The van der Waals surface area contributed by atoms with Crippen molar-refractivity contribution in [3.63, 3.8) is 0 Å². The minimum absolute atomic E-state index is 0.197. The molecular formula is C11H14ClN3O3. The molecule has 98 valence electrons. The molecule has 1 aliphatic heterocycles. The average Bonchev–Trinajstić information content (AvgIpc) is 2.39. The first kappa shape index (κ1) is 13.0. The van der Waals surface area contributed by atoms with Crippen LogP contribution in [0.4, 0.5) is 5.82 Å². The van der Waals surface area contributed by atoms with Gasteiger partial charge in [-0.15, -0.1) is 0 Å². The number of morpholine rings is 1. The number of esters is 1. The molecule has 0 aliphatic carbocycles. The Morgan fingerprint density at radius 2 is 2.56 bits per heavy atom. The highest BCUT2D eigenvalue weighted by Crippen LogP contribution is 2.23. The van der Waals surface area contributed by atoms with Gasteiger partial charge in [0.15, 0.2) is 5.82 Å². The van der Waals surface area contributed by atoms with E-state index in [0.717, 1.165) is 0 Å². The Hall–Kier alpha value is -1.40. The lowest BCUT2D eigenvalue weighted by Gasteiger charge is -2.33. The van der Waals surface area contributed by atoms with Crippen LogP contribution in [0.15, 0.2) is 12.5 Å². The first-order valence-corrected chi connectivity index (χ1v) is 5.97. The predicted octanol–water partition coefficient (Wildman–Crippen LogP) is 0.898. The summed E-state index contributed by atoms with van der Waals surface area (Å²) in [4.78, 5) is 21.2. The highest BCUT2D eigenvalue weighted by molar-refractivity contribution is 6.32. The molecule has 1 atom stereocenters. The summed E-state index contributed by atoms with van der Waals surface area (Å²) in [5, 5.41) is 0.496. The second-order valence-electron chi connectivity index (χ2n) is 3.91. The van der Waals surface area contributed by atoms with E-state index in [9.17, 15) is 4.79 Å². The minimum Gasteiger partial charge on any atom is -0.469 e. The third kappa shape index (κ3) is 3.08. The van der Waals surface area contributed by atoms with Crippen molar-refractivity contribution in [2.45, 2.75) is 12.5 Å². The molecule has 1 saturated heterocycles. The van der Waals surface area contributed by atoms with Crippen LogP contribution in [-0.2, 0) is 14.3 Å². The number of nitrogens with zero attached hydrogens (tertiary/aromatic N) is 3. The van der Waals surface area contributed by atoms with Crippen LogP contribution in [0.2, 0.25) is 5.02 Å². The minimum atomic E-state index is -0.282. The zero-order valence-corrected chi connectivity index (χ0v) is 10.8. The molecule has 0 aromatic carbocycles. The molecule has 2 heterocycles. The molecule has 18 heavy (non-hydrogen) atoms. The third-order valence-electron chi connectivity index (χ3n) is 2.71. The van der Waals surface area contributed by atoms with Crippen LogP contribution in [-0.4, -0.2) is 48.8 Å². The van der Waals surface area contributed by atoms with Gasteiger partial charge in [0, 0.05) is 13.1 Å². The zero-order chi connectivity index (χ0) is 13.0. The molecule has 0 N–H and O–H groups in total. The number of hydrogen-bond donors (Lipinski definition) is 0. The number of ether oxygens (including phenoxy) is 2. The highest BCUT2D eigenvalue weighted by atomic mass is 35.5. The van der Waals surface area contributed by atoms with Gasteiger partial charge in [0.2, 0.25) is 0 Å². The van der Waals surface area contributed by atoms with Crippen LogP contribution in [0.5, 0.6) is 0 Å². The third-order valence-corrected chi connectivity index (χ3v) is 2.98. The number of rotatable bonds is 3. The predicted molar refractivity (Wildman–Crippen MR) is 65.6 cm³/mol. The Kier molecular flexibility index (Phi) is 4.33. The summed E-state index contributed by atoms with van der Waals surface area (Å²) in [5.74, 6) is 0.389. The van der Waals surface area contributed by atoms with Crippen LogP contribution in [0.1, 0.15) is 6.42 Å². The van der Waals surface area contributed by atoms with E-state index in [-0.39, 0.29) is 18.5 Å². The fourth-order valence-corrected chi connectivity index (χ4v) is 2.07. The Labute approximate surface area is 110 Å². The first-order valence-electron chi connectivity index (χ1n) is 5.59. The molecule has 1 fully saturated rings. The van der Waals surface area contributed by atoms with Gasteiger partial charge in [-0.3, -0.25) is 4.79 Å². The van der Waals surface area contributed by atoms with Gasteiger partial charge in [-0.05, 0) is 0 Å². The van der Waals surface area contributed by atoms with E-state index in [0.29, 0.717) is 30.5 Å². The van der Waals surface area contributed by atoms with E-state index in [1.165, 1.54) is 13.4 Å². The lowest BCUT2D eigenvalue weighted by atomic mass is 10.2. The molecule has 0 saturated carbocycles. The Bertz CT molecular complexity index is 430. The molecule has 1 aromatic rings. The maximum atomic E-state index is 11.2. The number of halogens is 1. The van der Waals surface area contributed by atoms with E-state index in [4.69, 9.17) is 16.3 Å². The zero-order valence-electron chi connectivity index (χ0n) is 10.0. The summed E-state index contributed by atoms with van der Waals surface area (Å²) in [6.45, 7) is 1.78. The van der Waals surface area contributed by atoms with Gasteiger partial charge in [0.05, 0.1) is 32.4 Å².